The highest BCUT2D eigenvalue weighted by atomic mass is 32.1. The summed E-state index contributed by atoms with van der Waals surface area (Å²) in [4.78, 5) is 20.4. The van der Waals surface area contributed by atoms with Crippen LogP contribution in [0.1, 0.15) is 13.3 Å². The summed E-state index contributed by atoms with van der Waals surface area (Å²) in [5.41, 5.74) is 0. The van der Waals surface area contributed by atoms with E-state index in [1.165, 1.54) is 0 Å². The number of nitrogens with one attached hydrogen (secondary N) is 1. The third-order valence-electron chi connectivity index (χ3n) is 3.09. The molecular weight excluding hydrogens is 248 g/mol. The van der Waals surface area contributed by atoms with Crippen LogP contribution in [0.5, 0.6) is 0 Å². The van der Waals surface area contributed by atoms with Crippen LogP contribution in [-0.4, -0.2) is 55.1 Å². The van der Waals surface area contributed by atoms with Crippen molar-refractivity contribution < 1.29 is 4.79 Å². The maximum absolute atomic E-state index is 11.9. The van der Waals surface area contributed by atoms with Crippen LogP contribution in [0.25, 0.3) is 0 Å². The Balaban J connectivity index is 1.74. The molecule has 18 heavy (non-hydrogen) atoms. The van der Waals surface area contributed by atoms with Crippen molar-refractivity contribution >= 4 is 22.4 Å². The zero-order valence-corrected chi connectivity index (χ0v) is 11.6. The number of piperazine rings is 1. The van der Waals surface area contributed by atoms with Crippen LogP contribution in [0.15, 0.2) is 11.6 Å². The van der Waals surface area contributed by atoms with Crippen LogP contribution < -0.4 is 10.2 Å². The first-order chi connectivity index (χ1) is 8.81. The number of rotatable bonds is 5. The molecule has 1 N–H and O–H groups in total. The van der Waals surface area contributed by atoms with Gasteiger partial charge in [-0.1, -0.05) is 6.92 Å². The topological polar surface area (TPSA) is 48.5 Å². The molecule has 1 aromatic rings. The molecule has 1 aliphatic rings. The number of carbonyl (C=O) groups is 1. The number of hydrogen-bond acceptors (Lipinski definition) is 5. The van der Waals surface area contributed by atoms with Crippen LogP contribution in [0.4, 0.5) is 5.13 Å². The molecule has 0 unspecified atom stereocenters. The minimum absolute atomic E-state index is 0.259. The molecular formula is C12H20N4OS. The van der Waals surface area contributed by atoms with Crippen molar-refractivity contribution in [2.45, 2.75) is 13.3 Å². The average molecular weight is 268 g/mol. The van der Waals surface area contributed by atoms with Crippen molar-refractivity contribution in [1.29, 1.82) is 0 Å². The van der Waals surface area contributed by atoms with E-state index < -0.39 is 0 Å². The van der Waals surface area contributed by atoms with E-state index in [1.54, 1.807) is 11.3 Å². The van der Waals surface area contributed by atoms with E-state index in [4.69, 9.17) is 0 Å². The van der Waals surface area contributed by atoms with Crippen molar-refractivity contribution in [3.05, 3.63) is 11.6 Å². The molecule has 0 radical (unpaired) electrons. The number of nitrogens with zero attached hydrogens (tertiary/aromatic N) is 3. The first-order valence-corrected chi connectivity index (χ1v) is 7.32. The van der Waals surface area contributed by atoms with Crippen LogP contribution in [0, 0.1) is 0 Å². The molecule has 100 valence electrons. The van der Waals surface area contributed by atoms with E-state index in [9.17, 15) is 4.79 Å². The van der Waals surface area contributed by atoms with E-state index >= 15 is 0 Å². The summed E-state index contributed by atoms with van der Waals surface area (Å²) in [5.74, 6) is 0.259. The molecule has 0 atom stereocenters. The molecule has 1 fully saturated rings. The molecule has 1 aliphatic heterocycles. The van der Waals surface area contributed by atoms with Gasteiger partial charge in [0.1, 0.15) is 0 Å². The molecule has 5 nitrogen and oxygen atoms in total. The van der Waals surface area contributed by atoms with E-state index in [-0.39, 0.29) is 5.91 Å². The van der Waals surface area contributed by atoms with Gasteiger partial charge in [-0.25, -0.2) is 4.98 Å². The quantitative estimate of drug-likeness (QED) is 0.802. The molecule has 6 heteroatoms. The van der Waals surface area contributed by atoms with E-state index in [1.807, 2.05) is 16.5 Å². The van der Waals surface area contributed by atoms with Crippen molar-refractivity contribution in [3.63, 3.8) is 0 Å². The monoisotopic (exact) mass is 268 g/mol. The number of carbonyl (C=O) groups excluding carboxylic acids is 1. The largest absolute Gasteiger partial charge is 0.345 e. The van der Waals surface area contributed by atoms with Gasteiger partial charge in [-0.2, -0.15) is 0 Å². The van der Waals surface area contributed by atoms with Gasteiger partial charge in [0.05, 0.1) is 0 Å². The summed E-state index contributed by atoms with van der Waals surface area (Å²) < 4.78 is 0. The molecule has 0 spiro atoms. The van der Waals surface area contributed by atoms with Gasteiger partial charge in [0.2, 0.25) is 5.91 Å². The Kier molecular flexibility index (Phi) is 4.95. The lowest BCUT2D eigenvalue weighted by Crippen LogP contribution is -2.49. The standard InChI is InChI=1S/C12H20N4OS/c1-2-13-4-3-11(17)15-6-8-16(9-7-15)12-14-5-10-18-12/h5,10,13H,2-4,6-9H2,1H3. The zero-order valence-electron chi connectivity index (χ0n) is 10.8. The number of aromatic nitrogens is 1. The minimum Gasteiger partial charge on any atom is -0.345 e. The van der Waals surface area contributed by atoms with Gasteiger partial charge in [0.15, 0.2) is 5.13 Å². The van der Waals surface area contributed by atoms with Gasteiger partial charge in [-0.15, -0.1) is 11.3 Å². The van der Waals surface area contributed by atoms with Crippen LogP contribution in [0.3, 0.4) is 0 Å². The number of amides is 1. The van der Waals surface area contributed by atoms with Gasteiger partial charge < -0.3 is 15.1 Å². The third kappa shape index (κ3) is 3.43. The van der Waals surface area contributed by atoms with Crippen LogP contribution >= 0.6 is 11.3 Å². The first kappa shape index (κ1) is 13.3. The van der Waals surface area contributed by atoms with Crippen molar-refractivity contribution in [1.82, 2.24) is 15.2 Å². The summed E-state index contributed by atoms with van der Waals surface area (Å²) in [6.07, 6.45) is 2.43. The highest BCUT2D eigenvalue weighted by Crippen LogP contribution is 2.18. The van der Waals surface area contributed by atoms with Crippen molar-refractivity contribution in [3.8, 4) is 0 Å². The normalized spacial score (nSPS) is 16.1. The van der Waals surface area contributed by atoms with Crippen molar-refractivity contribution in [2.75, 3.05) is 44.2 Å². The molecule has 0 bridgehead atoms. The molecule has 0 saturated carbocycles. The summed E-state index contributed by atoms with van der Waals surface area (Å²) in [7, 11) is 0. The highest BCUT2D eigenvalue weighted by molar-refractivity contribution is 7.13. The van der Waals surface area contributed by atoms with E-state index in [2.05, 4.69) is 22.1 Å². The third-order valence-corrected chi connectivity index (χ3v) is 3.92. The fourth-order valence-corrected chi connectivity index (χ4v) is 2.75. The molecule has 0 aromatic carbocycles. The Morgan fingerprint density at radius 3 is 2.83 bits per heavy atom. The number of hydrogen-bond donors (Lipinski definition) is 1. The second-order valence-electron chi connectivity index (χ2n) is 4.29. The minimum atomic E-state index is 0.259. The smallest absolute Gasteiger partial charge is 0.223 e. The van der Waals surface area contributed by atoms with E-state index in [0.29, 0.717) is 6.42 Å². The predicted molar refractivity (Wildman–Crippen MR) is 74.1 cm³/mol. The Hall–Kier alpha value is -1.14. The van der Waals surface area contributed by atoms with Crippen LogP contribution in [0.2, 0.25) is 0 Å². The molecule has 1 amide bonds. The van der Waals surface area contributed by atoms with Crippen molar-refractivity contribution in [2.24, 2.45) is 0 Å². The van der Waals surface area contributed by atoms with Gasteiger partial charge in [-0.05, 0) is 6.54 Å². The first-order valence-electron chi connectivity index (χ1n) is 6.44. The Morgan fingerprint density at radius 1 is 1.44 bits per heavy atom. The van der Waals surface area contributed by atoms with Crippen LogP contribution in [-0.2, 0) is 4.79 Å². The second kappa shape index (κ2) is 6.70. The molecule has 1 saturated heterocycles. The molecule has 2 heterocycles. The lowest BCUT2D eigenvalue weighted by molar-refractivity contribution is -0.131. The summed E-state index contributed by atoms with van der Waals surface area (Å²) >= 11 is 1.66. The summed E-state index contributed by atoms with van der Waals surface area (Å²) in [6.45, 7) is 7.15. The lowest BCUT2D eigenvalue weighted by atomic mass is 10.3. The zero-order chi connectivity index (χ0) is 12.8. The number of thiazole rings is 1. The highest BCUT2D eigenvalue weighted by Gasteiger charge is 2.21. The second-order valence-corrected chi connectivity index (χ2v) is 5.16. The lowest BCUT2D eigenvalue weighted by Gasteiger charge is -2.34. The van der Waals surface area contributed by atoms with Gasteiger partial charge in [0, 0.05) is 50.7 Å². The molecule has 0 aliphatic carbocycles. The fraction of sp³-hybridized carbons (Fsp3) is 0.667. The fourth-order valence-electron chi connectivity index (χ4n) is 2.05. The van der Waals surface area contributed by atoms with Gasteiger partial charge >= 0.3 is 0 Å². The Labute approximate surface area is 112 Å². The van der Waals surface area contributed by atoms with Gasteiger partial charge in [-0.3, -0.25) is 4.79 Å². The Bertz CT molecular complexity index is 360. The SMILES string of the molecule is CCNCCC(=O)N1CCN(c2nccs2)CC1. The van der Waals surface area contributed by atoms with Gasteiger partial charge in [0.25, 0.3) is 0 Å². The maximum atomic E-state index is 11.9. The number of anilines is 1. The summed E-state index contributed by atoms with van der Waals surface area (Å²) in [6, 6.07) is 0. The summed E-state index contributed by atoms with van der Waals surface area (Å²) in [5, 5.41) is 6.24. The van der Waals surface area contributed by atoms with E-state index in [0.717, 1.165) is 44.4 Å². The Morgan fingerprint density at radius 2 is 2.22 bits per heavy atom. The molecule has 2 rings (SSSR count). The average Bonchev–Trinajstić information content (AvgIpc) is 2.93. The maximum Gasteiger partial charge on any atom is 0.223 e. The molecule has 1 aromatic heterocycles. The predicted octanol–water partition coefficient (Wildman–Crippen LogP) is 0.791.